The van der Waals surface area contributed by atoms with Gasteiger partial charge in [-0.05, 0) is 30.5 Å². The van der Waals surface area contributed by atoms with Crippen molar-refractivity contribution in [3.05, 3.63) is 53.5 Å². The van der Waals surface area contributed by atoms with Crippen LogP contribution in [0.3, 0.4) is 0 Å². The van der Waals surface area contributed by atoms with Crippen LogP contribution in [0.25, 0.3) is 0 Å². The predicted octanol–water partition coefficient (Wildman–Crippen LogP) is 2.32. The number of carbonyl (C=O) groups excluding carboxylic acids is 2. The number of halogens is 1. The van der Waals surface area contributed by atoms with E-state index in [0.29, 0.717) is 11.4 Å². The van der Waals surface area contributed by atoms with Crippen molar-refractivity contribution < 1.29 is 14.3 Å². The lowest BCUT2D eigenvalue weighted by Crippen LogP contribution is -2.41. The van der Waals surface area contributed by atoms with Gasteiger partial charge in [-0.2, -0.15) is 0 Å². The van der Waals surface area contributed by atoms with Gasteiger partial charge in [0.15, 0.2) is 0 Å². The van der Waals surface area contributed by atoms with Crippen LogP contribution in [-0.2, 0) is 6.42 Å². The average molecular weight is 365 g/mol. The number of amides is 2. The maximum Gasteiger partial charge on any atom is 0.288 e. The Morgan fingerprint density at radius 3 is 2.52 bits per heavy atom. The topological polar surface area (TPSA) is 93.2 Å². The summed E-state index contributed by atoms with van der Waals surface area (Å²) in [6.07, 6.45) is 6.25. The van der Waals surface area contributed by atoms with Crippen molar-refractivity contribution in [2.75, 3.05) is 7.11 Å². The number of aryl methyl sites for hydroxylation is 1. The summed E-state index contributed by atoms with van der Waals surface area (Å²) in [7, 11) is 1.46. The maximum absolute atomic E-state index is 12.0. The lowest BCUT2D eigenvalue weighted by molar-refractivity contribution is 0.0843. The fourth-order valence-electron chi connectivity index (χ4n) is 2.00. The van der Waals surface area contributed by atoms with E-state index in [-0.39, 0.29) is 18.1 Å². The zero-order valence-electron chi connectivity index (χ0n) is 14.1. The number of carbonyl (C=O) groups is 2. The highest BCUT2D eigenvalue weighted by Crippen LogP contribution is 2.08. The Hall–Kier alpha value is -2.67. The molecule has 0 spiro atoms. The van der Waals surface area contributed by atoms with E-state index in [1.807, 2.05) is 6.07 Å². The standard InChI is InChI=1S/C17H20N4O3.ClH/c1-3-4-5-12-6-7-14(19-11-12)17(23)21-20-16(22)13-8-9-18-15(10-13)24-2;/h6-11H,3-5H2,1-2H3,(H,20,22)(H,21,23);1H. The highest BCUT2D eigenvalue weighted by molar-refractivity contribution is 5.98. The van der Waals surface area contributed by atoms with Gasteiger partial charge < -0.3 is 4.74 Å². The van der Waals surface area contributed by atoms with Gasteiger partial charge in [0.05, 0.1) is 7.11 Å². The molecule has 0 saturated heterocycles. The van der Waals surface area contributed by atoms with E-state index >= 15 is 0 Å². The highest BCUT2D eigenvalue weighted by Gasteiger charge is 2.11. The van der Waals surface area contributed by atoms with Crippen LogP contribution < -0.4 is 15.6 Å². The number of rotatable bonds is 6. The minimum absolute atomic E-state index is 0. The first-order valence-electron chi connectivity index (χ1n) is 7.69. The van der Waals surface area contributed by atoms with Crippen LogP contribution in [0.4, 0.5) is 0 Å². The van der Waals surface area contributed by atoms with Crippen LogP contribution in [0, 0.1) is 0 Å². The van der Waals surface area contributed by atoms with Crippen molar-refractivity contribution in [3.8, 4) is 5.88 Å². The molecule has 0 aliphatic carbocycles. The molecule has 8 heteroatoms. The molecule has 2 heterocycles. The number of hydrogen-bond acceptors (Lipinski definition) is 5. The van der Waals surface area contributed by atoms with Gasteiger partial charge in [-0.15, -0.1) is 12.4 Å². The Bertz CT molecular complexity index is 707. The summed E-state index contributed by atoms with van der Waals surface area (Å²) in [6.45, 7) is 2.12. The van der Waals surface area contributed by atoms with E-state index in [1.54, 1.807) is 12.3 Å². The molecular weight excluding hydrogens is 344 g/mol. The number of pyridine rings is 2. The van der Waals surface area contributed by atoms with Crippen molar-refractivity contribution in [2.24, 2.45) is 0 Å². The van der Waals surface area contributed by atoms with Gasteiger partial charge in [0.25, 0.3) is 11.8 Å². The van der Waals surface area contributed by atoms with Gasteiger partial charge in [0, 0.05) is 24.0 Å². The van der Waals surface area contributed by atoms with Crippen LogP contribution >= 0.6 is 12.4 Å². The second-order valence-electron chi connectivity index (χ2n) is 5.15. The molecule has 0 aliphatic heterocycles. The van der Waals surface area contributed by atoms with E-state index in [2.05, 4.69) is 27.7 Å². The molecule has 2 aromatic heterocycles. The summed E-state index contributed by atoms with van der Waals surface area (Å²) in [5.74, 6) is -0.631. The van der Waals surface area contributed by atoms with Gasteiger partial charge in [0.2, 0.25) is 5.88 Å². The SMILES string of the molecule is CCCCc1ccc(C(=O)NNC(=O)c2ccnc(OC)c2)nc1.Cl. The van der Waals surface area contributed by atoms with E-state index in [0.717, 1.165) is 24.8 Å². The van der Waals surface area contributed by atoms with Crippen molar-refractivity contribution in [1.29, 1.82) is 0 Å². The second kappa shape index (κ2) is 10.2. The molecule has 25 heavy (non-hydrogen) atoms. The molecule has 0 atom stereocenters. The number of hydrogen-bond donors (Lipinski definition) is 2. The molecule has 2 rings (SSSR count). The number of unbranched alkanes of at least 4 members (excludes halogenated alkanes) is 1. The van der Waals surface area contributed by atoms with Crippen molar-refractivity contribution in [1.82, 2.24) is 20.8 Å². The van der Waals surface area contributed by atoms with E-state index in [4.69, 9.17) is 4.74 Å². The van der Waals surface area contributed by atoms with E-state index in [1.165, 1.54) is 25.4 Å². The molecule has 134 valence electrons. The number of aromatic nitrogens is 2. The molecule has 0 bridgehead atoms. The predicted molar refractivity (Wildman–Crippen MR) is 95.8 cm³/mol. The smallest absolute Gasteiger partial charge is 0.288 e. The van der Waals surface area contributed by atoms with Gasteiger partial charge in [0.1, 0.15) is 5.69 Å². The quantitative estimate of drug-likeness (QED) is 0.767. The molecule has 2 amide bonds. The summed E-state index contributed by atoms with van der Waals surface area (Å²) in [6, 6.07) is 6.50. The third-order valence-electron chi connectivity index (χ3n) is 3.37. The van der Waals surface area contributed by atoms with Crippen molar-refractivity contribution >= 4 is 24.2 Å². The first kappa shape index (κ1) is 20.4. The van der Waals surface area contributed by atoms with Gasteiger partial charge in [-0.3, -0.25) is 25.4 Å². The van der Waals surface area contributed by atoms with Gasteiger partial charge in [-0.1, -0.05) is 19.4 Å². The first-order chi connectivity index (χ1) is 11.6. The van der Waals surface area contributed by atoms with Crippen LogP contribution in [0.15, 0.2) is 36.7 Å². The lowest BCUT2D eigenvalue weighted by atomic mass is 10.1. The third kappa shape index (κ3) is 6.04. The monoisotopic (exact) mass is 364 g/mol. The number of methoxy groups -OCH3 is 1. The summed E-state index contributed by atoms with van der Waals surface area (Å²) in [4.78, 5) is 32.0. The zero-order chi connectivity index (χ0) is 17.4. The highest BCUT2D eigenvalue weighted by atomic mass is 35.5. The van der Waals surface area contributed by atoms with Gasteiger partial charge in [-0.25, -0.2) is 4.98 Å². The lowest BCUT2D eigenvalue weighted by Gasteiger charge is -2.08. The normalized spacial score (nSPS) is 9.68. The largest absolute Gasteiger partial charge is 0.481 e. The molecule has 0 fully saturated rings. The molecule has 2 N–H and O–H groups in total. The fourth-order valence-corrected chi connectivity index (χ4v) is 2.00. The van der Waals surface area contributed by atoms with Crippen LogP contribution in [0.2, 0.25) is 0 Å². The number of nitrogens with zero attached hydrogens (tertiary/aromatic N) is 2. The van der Waals surface area contributed by atoms with E-state index in [9.17, 15) is 9.59 Å². The van der Waals surface area contributed by atoms with Crippen molar-refractivity contribution in [3.63, 3.8) is 0 Å². The Morgan fingerprint density at radius 2 is 1.88 bits per heavy atom. The summed E-state index contributed by atoms with van der Waals surface area (Å²) in [5.41, 5.74) is 6.32. The first-order valence-corrected chi connectivity index (χ1v) is 7.69. The van der Waals surface area contributed by atoms with Crippen LogP contribution in [0.1, 0.15) is 46.2 Å². The molecule has 0 aromatic carbocycles. The summed E-state index contributed by atoms with van der Waals surface area (Å²) >= 11 is 0. The molecule has 0 unspecified atom stereocenters. The Balaban J connectivity index is 0.00000312. The Kier molecular flexibility index (Phi) is 8.35. The molecule has 0 saturated carbocycles. The molecule has 2 aromatic rings. The maximum atomic E-state index is 12.0. The summed E-state index contributed by atoms with van der Waals surface area (Å²) < 4.78 is 4.95. The second-order valence-corrected chi connectivity index (χ2v) is 5.15. The van der Waals surface area contributed by atoms with Gasteiger partial charge >= 0.3 is 0 Å². The van der Waals surface area contributed by atoms with Crippen LogP contribution in [-0.4, -0.2) is 28.9 Å². The molecule has 0 aliphatic rings. The Morgan fingerprint density at radius 1 is 1.12 bits per heavy atom. The number of ether oxygens (including phenoxy) is 1. The minimum atomic E-state index is -0.480. The fraction of sp³-hybridized carbons (Fsp3) is 0.294. The summed E-state index contributed by atoms with van der Waals surface area (Å²) in [5, 5.41) is 0. The minimum Gasteiger partial charge on any atom is -0.481 e. The number of hydrazine groups is 1. The third-order valence-corrected chi connectivity index (χ3v) is 3.37. The molecular formula is C17H21ClN4O3. The van der Waals surface area contributed by atoms with Crippen molar-refractivity contribution in [2.45, 2.75) is 26.2 Å². The number of nitrogens with one attached hydrogen (secondary N) is 2. The van der Waals surface area contributed by atoms with E-state index < -0.39 is 11.8 Å². The zero-order valence-corrected chi connectivity index (χ0v) is 14.9. The van der Waals surface area contributed by atoms with Crippen LogP contribution in [0.5, 0.6) is 5.88 Å². The Labute approximate surface area is 152 Å². The molecule has 0 radical (unpaired) electrons. The average Bonchev–Trinajstić information content (AvgIpc) is 2.64. The molecule has 7 nitrogen and oxygen atoms in total.